The van der Waals surface area contributed by atoms with Crippen molar-refractivity contribution in [1.82, 2.24) is 0 Å². The highest BCUT2D eigenvalue weighted by Gasteiger charge is 2.42. The van der Waals surface area contributed by atoms with Crippen molar-refractivity contribution < 1.29 is 19.4 Å². The minimum atomic E-state index is -2.15. The smallest absolute Gasteiger partial charge is 0.341 e. The minimum Gasteiger partial charge on any atom is -0.479 e. The minimum absolute atomic E-state index is 0.261. The zero-order valence-electron chi connectivity index (χ0n) is 9.08. The van der Waals surface area contributed by atoms with Gasteiger partial charge in [-0.3, -0.25) is 0 Å². The summed E-state index contributed by atoms with van der Waals surface area (Å²) in [5.41, 5.74) is -1.64. The van der Waals surface area contributed by atoms with Gasteiger partial charge in [-0.2, -0.15) is 0 Å². The van der Waals surface area contributed by atoms with Gasteiger partial charge in [0.1, 0.15) is 5.60 Å². The van der Waals surface area contributed by atoms with Gasteiger partial charge < -0.3 is 10.2 Å². The molecular formula is C11H19FO3. The zero-order chi connectivity index (χ0) is 11.5. The Bertz CT molecular complexity index is 232. The van der Waals surface area contributed by atoms with Crippen molar-refractivity contribution >= 4 is 5.97 Å². The molecule has 3 unspecified atom stereocenters. The molecule has 1 aliphatic carbocycles. The molecule has 1 fully saturated rings. The molecule has 15 heavy (non-hydrogen) atoms. The van der Waals surface area contributed by atoms with Crippen LogP contribution in [0.4, 0.5) is 4.39 Å². The molecule has 0 heterocycles. The van der Waals surface area contributed by atoms with E-state index in [0.717, 1.165) is 19.3 Å². The van der Waals surface area contributed by atoms with E-state index in [4.69, 9.17) is 5.11 Å². The zero-order valence-corrected chi connectivity index (χ0v) is 9.08. The Kier molecular flexibility index (Phi) is 4.08. The number of aliphatic hydroxyl groups is 1. The van der Waals surface area contributed by atoms with E-state index in [2.05, 4.69) is 6.92 Å². The molecule has 2 N–H and O–H groups in total. The number of carboxylic acids is 1. The van der Waals surface area contributed by atoms with Crippen LogP contribution in [0.3, 0.4) is 0 Å². The maximum atomic E-state index is 13.4. The molecule has 0 aromatic rings. The third-order valence-corrected chi connectivity index (χ3v) is 3.47. The Morgan fingerprint density at radius 1 is 1.53 bits per heavy atom. The van der Waals surface area contributed by atoms with Gasteiger partial charge >= 0.3 is 5.97 Å². The molecule has 4 heteroatoms. The summed E-state index contributed by atoms with van der Waals surface area (Å²) in [6.45, 7) is 2.07. The van der Waals surface area contributed by atoms with Crippen LogP contribution < -0.4 is 0 Å². The van der Waals surface area contributed by atoms with Crippen LogP contribution in [-0.2, 0) is 4.79 Å². The second-order valence-electron chi connectivity index (χ2n) is 4.51. The van der Waals surface area contributed by atoms with E-state index >= 15 is 0 Å². The fraction of sp³-hybridized carbons (Fsp3) is 0.909. The highest BCUT2D eigenvalue weighted by atomic mass is 19.1. The number of hydrogen-bond donors (Lipinski definition) is 2. The van der Waals surface area contributed by atoms with Gasteiger partial charge in [0.05, 0.1) is 0 Å². The van der Waals surface area contributed by atoms with Gasteiger partial charge in [-0.15, -0.1) is 0 Å². The van der Waals surface area contributed by atoms with E-state index in [1.807, 2.05) is 0 Å². The molecule has 0 aliphatic heterocycles. The largest absolute Gasteiger partial charge is 0.479 e. The van der Waals surface area contributed by atoms with Crippen LogP contribution in [0.2, 0.25) is 0 Å². The van der Waals surface area contributed by atoms with Crippen LogP contribution in [0.25, 0.3) is 0 Å². The first kappa shape index (κ1) is 12.4. The Balaban J connectivity index is 2.65. The predicted molar refractivity (Wildman–Crippen MR) is 54.3 cm³/mol. The first-order valence-electron chi connectivity index (χ1n) is 5.59. The number of aliphatic carboxylic acids is 1. The molecule has 0 aromatic heterocycles. The lowest BCUT2D eigenvalue weighted by Crippen LogP contribution is -2.44. The number of alkyl halides is 1. The normalized spacial score (nSPS) is 34.5. The standard InChI is InChI=1S/C11H19FO3/c1-2-8-4-3-6-11(15,7-5-8)9(12)10(13)14/h8-9,15H,2-7H2,1H3,(H,13,14). The lowest BCUT2D eigenvalue weighted by Gasteiger charge is -2.27. The summed E-state index contributed by atoms with van der Waals surface area (Å²) in [4.78, 5) is 10.5. The van der Waals surface area contributed by atoms with Crippen molar-refractivity contribution in [2.45, 2.75) is 57.2 Å². The Morgan fingerprint density at radius 2 is 2.20 bits per heavy atom. The number of rotatable bonds is 3. The fourth-order valence-electron chi connectivity index (χ4n) is 2.31. The molecule has 0 radical (unpaired) electrons. The van der Waals surface area contributed by atoms with Crippen molar-refractivity contribution in [1.29, 1.82) is 0 Å². The lowest BCUT2D eigenvalue weighted by molar-refractivity contribution is -0.155. The van der Waals surface area contributed by atoms with Crippen molar-refractivity contribution in [3.05, 3.63) is 0 Å². The Labute approximate surface area is 89.3 Å². The van der Waals surface area contributed by atoms with E-state index in [1.165, 1.54) is 0 Å². The molecule has 3 nitrogen and oxygen atoms in total. The van der Waals surface area contributed by atoms with Crippen molar-refractivity contribution in [3.63, 3.8) is 0 Å². The predicted octanol–water partition coefficient (Wildman–Crippen LogP) is 2.13. The second-order valence-corrected chi connectivity index (χ2v) is 4.51. The van der Waals surface area contributed by atoms with E-state index in [9.17, 15) is 14.3 Å². The van der Waals surface area contributed by atoms with Gasteiger partial charge in [0.2, 0.25) is 6.17 Å². The first-order chi connectivity index (χ1) is 6.99. The fourth-order valence-corrected chi connectivity index (χ4v) is 2.31. The SMILES string of the molecule is CCC1CCCC(O)(C(F)C(=O)O)CC1. The Morgan fingerprint density at radius 3 is 2.73 bits per heavy atom. The molecular weight excluding hydrogens is 199 g/mol. The van der Waals surface area contributed by atoms with E-state index in [1.54, 1.807) is 0 Å². The maximum absolute atomic E-state index is 13.4. The molecule has 0 amide bonds. The summed E-state index contributed by atoms with van der Waals surface area (Å²) in [6, 6.07) is 0. The quantitative estimate of drug-likeness (QED) is 0.713. The molecule has 0 saturated heterocycles. The molecule has 0 aromatic carbocycles. The third kappa shape index (κ3) is 2.91. The highest BCUT2D eigenvalue weighted by Crippen LogP contribution is 2.35. The van der Waals surface area contributed by atoms with Crippen LogP contribution in [0, 0.1) is 5.92 Å². The molecule has 88 valence electrons. The lowest BCUT2D eigenvalue weighted by atomic mass is 9.88. The highest BCUT2D eigenvalue weighted by molar-refractivity contribution is 5.73. The van der Waals surface area contributed by atoms with Crippen molar-refractivity contribution in [2.75, 3.05) is 0 Å². The van der Waals surface area contributed by atoms with Gasteiger partial charge in [0.25, 0.3) is 0 Å². The summed E-state index contributed by atoms with van der Waals surface area (Å²) in [6.07, 6.45) is 1.79. The summed E-state index contributed by atoms with van der Waals surface area (Å²) in [5, 5.41) is 18.5. The number of carboxylic acid groups (broad SMARTS) is 1. The van der Waals surface area contributed by atoms with Crippen LogP contribution >= 0.6 is 0 Å². The summed E-state index contributed by atoms with van der Waals surface area (Å²) >= 11 is 0. The third-order valence-electron chi connectivity index (χ3n) is 3.47. The van der Waals surface area contributed by atoms with Crippen molar-refractivity contribution in [3.8, 4) is 0 Å². The monoisotopic (exact) mass is 218 g/mol. The van der Waals surface area contributed by atoms with E-state index < -0.39 is 17.7 Å². The van der Waals surface area contributed by atoms with Crippen molar-refractivity contribution in [2.24, 2.45) is 5.92 Å². The molecule has 1 saturated carbocycles. The number of carbonyl (C=O) groups is 1. The molecule has 0 spiro atoms. The van der Waals surface area contributed by atoms with Crippen LogP contribution in [0.5, 0.6) is 0 Å². The summed E-state index contributed by atoms with van der Waals surface area (Å²) < 4.78 is 13.4. The van der Waals surface area contributed by atoms with Gasteiger partial charge in [-0.25, -0.2) is 9.18 Å². The number of hydrogen-bond acceptors (Lipinski definition) is 2. The molecule has 1 rings (SSSR count). The number of halogens is 1. The average molecular weight is 218 g/mol. The van der Waals surface area contributed by atoms with Crippen LogP contribution in [-0.4, -0.2) is 28.0 Å². The molecule has 0 bridgehead atoms. The molecule has 1 aliphatic rings. The Hall–Kier alpha value is -0.640. The van der Waals surface area contributed by atoms with Gasteiger partial charge in [-0.05, 0) is 25.2 Å². The average Bonchev–Trinajstić information content (AvgIpc) is 2.40. The van der Waals surface area contributed by atoms with E-state index in [-0.39, 0.29) is 12.8 Å². The topological polar surface area (TPSA) is 57.5 Å². The first-order valence-corrected chi connectivity index (χ1v) is 5.59. The summed E-state index contributed by atoms with van der Waals surface area (Å²) in [5.74, 6) is -1.05. The second kappa shape index (κ2) is 4.92. The maximum Gasteiger partial charge on any atom is 0.341 e. The van der Waals surface area contributed by atoms with E-state index in [0.29, 0.717) is 12.3 Å². The van der Waals surface area contributed by atoms with Crippen LogP contribution in [0.1, 0.15) is 45.4 Å². The molecule has 3 atom stereocenters. The summed E-state index contributed by atoms with van der Waals surface area (Å²) in [7, 11) is 0. The van der Waals surface area contributed by atoms with Crippen LogP contribution in [0.15, 0.2) is 0 Å². The van der Waals surface area contributed by atoms with Gasteiger partial charge in [0.15, 0.2) is 0 Å². The van der Waals surface area contributed by atoms with Gasteiger partial charge in [0, 0.05) is 0 Å². The van der Waals surface area contributed by atoms with Gasteiger partial charge in [-0.1, -0.05) is 26.2 Å².